The number of ether oxygens (including phenoxy) is 1. The van der Waals surface area contributed by atoms with Crippen molar-refractivity contribution in [2.24, 2.45) is 0 Å². The largest absolute Gasteiger partial charge is 0.815 e. The third-order valence-electron chi connectivity index (χ3n) is 1.52. The molecular formula is C9H9AlCl2O4. The first-order valence-electron chi connectivity index (χ1n) is 4.50. The van der Waals surface area contributed by atoms with Crippen molar-refractivity contribution in [3.05, 3.63) is 30.2 Å². The Balaban J connectivity index is 2.83. The summed E-state index contributed by atoms with van der Waals surface area (Å²) < 4.78 is 15.0. The molecule has 0 saturated carbocycles. The normalized spacial score (nSPS) is 11.1. The molecule has 0 N–H and O–H groups in total. The van der Waals surface area contributed by atoms with Gasteiger partial charge in [-0.05, 0) is 19.1 Å². The third-order valence-corrected chi connectivity index (χ3v) is 2.48. The van der Waals surface area contributed by atoms with Crippen LogP contribution in [0.15, 0.2) is 28.9 Å². The van der Waals surface area contributed by atoms with Gasteiger partial charge >= 0.3 is 18.6 Å². The maximum Gasteiger partial charge on any atom is 0.815 e. The summed E-state index contributed by atoms with van der Waals surface area (Å²) in [5, 5.41) is 0. The highest BCUT2D eigenvalue weighted by atomic mass is 35.7. The van der Waals surface area contributed by atoms with Crippen LogP contribution in [-0.2, 0) is 13.3 Å². The Morgan fingerprint density at radius 2 is 2.38 bits per heavy atom. The number of rotatable bonds is 5. The molecule has 1 heterocycles. The lowest BCUT2D eigenvalue weighted by Gasteiger charge is -2.07. The number of furan rings is 1. The Hall–Kier alpha value is -0.598. The van der Waals surface area contributed by atoms with Crippen molar-refractivity contribution in [1.29, 1.82) is 0 Å². The van der Waals surface area contributed by atoms with Crippen molar-refractivity contribution >= 4 is 44.5 Å². The summed E-state index contributed by atoms with van der Waals surface area (Å²) >= 11 is -2.34. The van der Waals surface area contributed by atoms with E-state index in [2.05, 4.69) is 0 Å². The van der Waals surface area contributed by atoms with E-state index in [-0.39, 0.29) is 12.4 Å². The molecule has 0 fully saturated rings. The van der Waals surface area contributed by atoms with Crippen LogP contribution in [-0.4, -0.2) is 25.2 Å². The maximum absolute atomic E-state index is 11.2. The van der Waals surface area contributed by atoms with Gasteiger partial charge in [0, 0.05) is 0 Å². The van der Waals surface area contributed by atoms with Gasteiger partial charge in [0.15, 0.2) is 5.76 Å². The monoisotopic (exact) mass is 278 g/mol. The van der Waals surface area contributed by atoms with Crippen molar-refractivity contribution in [1.82, 2.24) is 0 Å². The lowest BCUT2D eigenvalue weighted by Crippen LogP contribution is -2.06. The number of esters is 1. The van der Waals surface area contributed by atoms with E-state index < -0.39 is 18.6 Å². The van der Waals surface area contributed by atoms with Crippen molar-refractivity contribution < 1.29 is 17.7 Å². The fourth-order valence-electron chi connectivity index (χ4n) is 0.969. The lowest BCUT2D eigenvalue weighted by atomic mass is 10.3. The minimum absolute atomic E-state index is 0.185. The zero-order valence-corrected chi connectivity index (χ0v) is 11.1. The minimum Gasteiger partial charge on any atom is -0.617 e. The number of hydrogen-bond donors (Lipinski definition) is 0. The van der Waals surface area contributed by atoms with E-state index in [0.717, 1.165) is 6.08 Å². The predicted octanol–water partition coefficient (Wildman–Crippen LogP) is 2.66. The molecule has 0 aromatic carbocycles. The van der Waals surface area contributed by atoms with Crippen LogP contribution < -0.4 is 0 Å². The standard InChI is InChI=1S/C9H10O4.Al.2ClH/c1-2-12-9(11)6-7(10)8-4-3-5-13-8;;;/h3-6,10H,2H2,1H3;;2*1H/q;+3;;/p-3/b7-6-;;;. The molecule has 0 saturated heterocycles. The number of hydrogen-bond acceptors (Lipinski definition) is 4. The van der Waals surface area contributed by atoms with Gasteiger partial charge in [0.1, 0.15) is 5.76 Å². The molecule has 16 heavy (non-hydrogen) atoms. The second-order valence-electron chi connectivity index (χ2n) is 2.62. The molecule has 1 rings (SSSR count). The first-order chi connectivity index (χ1) is 7.63. The molecule has 4 nitrogen and oxygen atoms in total. The van der Waals surface area contributed by atoms with E-state index in [4.69, 9.17) is 33.0 Å². The van der Waals surface area contributed by atoms with Gasteiger partial charge in [-0.1, -0.05) is 0 Å². The Labute approximate surface area is 106 Å². The molecular weight excluding hydrogens is 270 g/mol. The molecule has 0 aliphatic rings. The van der Waals surface area contributed by atoms with E-state index >= 15 is 0 Å². The van der Waals surface area contributed by atoms with Gasteiger partial charge in [-0.3, -0.25) is 0 Å². The Kier molecular flexibility index (Phi) is 5.78. The van der Waals surface area contributed by atoms with E-state index in [9.17, 15) is 4.79 Å². The molecule has 1 aromatic rings. The van der Waals surface area contributed by atoms with Crippen molar-refractivity contribution in [2.75, 3.05) is 6.61 Å². The molecule has 86 valence electrons. The van der Waals surface area contributed by atoms with Crippen molar-refractivity contribution in [2.45, 2.75) is 6.92 Å². The van der Waals surface area contributed by atoms with E-state index in [1.165, 1.54) is 6.26 Å². The molecule has 0 spiro atoms. The molecule has 0 amide bonds. The maximum atomic E-state index is 11.2. The molecule has 7 heteroatoms. The summed E-state index contributed by atoms with van der Waals surface area (Å²) in [5.74, 6) is 0.0360. The molecule has 0 atom stereocenters. The molecule has 0 aliphatic heterocycles. The highest BCUT2D eigenvalue weighted by Gasteiger charge is 2.22. The lowest BCUT2D eigenvalue weighted by molar-refractivity contribution is -0.137. The average Bonchev–Trinajstić information content (AvgIpc) is 2.68. The summed E-state index contributed by atoms with van der Waals surface area (Å²) in [6.07, 6.45) is 2.61. The van der Waals surface area contributed by atoms with Gasteiger partial charge in [-0.25, -0.2) is 4.79 Å². The fraction of sp³-hybridized carbons (Fsp3) is 0.222. The van der Waals surface area contributed by atoms with E-state index in [1.807, 2.05) is 0 Å². The van der Waals surface area contributed by atoms with Gasteiger partial charge in [0.2, 0.25) is 0 Å². The second kappa shape index (κ2) is 6.87. The van der Waals surface area contributed by atoms with Crippen LogP contribution in [0.1, 0.15) is 12.7 Å². The Bertz CT molecular complexity index is 362. The number of halogens is 2. The molecule has 0 radical (unpaired) electrons. The van der Waals surface area contributed by atoms with Crippen LogP contribution in [0.2, 0.25) is 0 Å². The Morgan fingerprint density at radius 3 is 2.88 bits per heavy atom. The van der Waals surface area contributed by atoms with E-state index in [0.29, 0.717) is 5.76 Å². The summed E-state index contributed by atoms with van der Waals surface area (Å²) in [4.78, 5) is 11.2. The smallest absolute Gasteiger partial charge is 0.617 e. The average molecular weight is 279 g/mol. The molecule has 1 aromatic heterocycles. The van der Waals surface area contributed by atoms with Crippen LogP contribution in [0, 0.1) is 0 Å². The molecule has 0 unspecified atom stereocenters. The second-order valence-corrected chi connectivity index (χ2v) is 6.42. The van der Waals surface area contributed by atoms with Crippen LogP contribution in [0.3, 0.4) is 0 Å². The highest BCUT2D eigenvalue weighted by Crippen LogP contribution is 2.19. The summed E-state index contributed by atoms with van der Waals surface area (Å²) in [7, 11) is 11.2. The number of carbonyl (C=O) groups excluding carboxylic acids is 1. The summed E-state index contributed by atoms with van der Waals surface area (Å²) in [5.41, 5.74) is 0. The van der Waals surface area contributed by atoms with E-state index in [1.54, 1.807) is 19.1 Å². The predicted molar refractivity (Wildman–Crippen MR) is 61.9 cm³/mol. The van der Waals surface area contributed by atoms with Crippen LogP contribution >= 0.6 is 20.1 Å². The quantitative estimate of drug-likeness (QED) is 0.360. The fourth-order valence-corrected chi connectivity index (χ4v) is 1.92. The Morgan fingerprint density at radius 1 is 1.62 bits per heavy atom. The highest BCUT2D eigenvalue weighted by molar-refractivity contribution is 7.30. The SMILES string of the molecule is CCOC(=O)/C=C(\[O][Al]([Cl])[Cl])c1ccco1. The van der Waals surface area contributed by atoms with Crippen molar-refractivity contribution in [3.8, 4) is 0 Å². The topological polar surface area (TPSA) is 48.7 Å². The van der Waals surface area contributed by atoms with Gasteiger partial charge in [-0.15, -0.1) is 0 Å². The zero-order valence-electron chi connectivity index (χ0n) is 8.48. The van der Waals surface area contributed by atoms with Crippen molar-refractivity contribution in [3.63, 3.8) is 0 Å². The number of carbonyl (C=O) groups is 1. The van der Waals surface area contributed by atoms with Crippen LogP contribution in [0.25, 0.3) is 5.76 Å². The first-order valence-corrected chi connectivity index (χ1v) is 8.47. The first kappa shape index (κ1) is 13.5. The minimum atomic E-state index is -2.34. The van der Waals surface area contributed by atoms with Gasteiger partial charge in [-0.2, -0.15) is 20.1 Å². The van der Waals surface area contributed by atoms with Crippen LogP contribution in [0.4, 0.5) is 0 Å². The molecule has 0 aliphatic carbocycles. The third kappa shape index (κ3) is 4.50. The van der Waals surface area contributed by atoms with Crippen LogP contribution in [0.5, 0.6) is 0 Å². The van der Waals surface area contributed by atoms with Gasteiger partial charge in [0.05, 0.1) is 18.9 Å². The zero-order chi connectivity index (χ0) is 12.0. The van der Waals surface area contributed by atoms with Gasteiger partial charge < -0.3 is 12.9 Å². The summed E-state index contributed by atoms with van der Waals surface area (Å²) in [6.45, 7) is 1.99. The summed E-state index contributed by atoms with van der Waals surface area (Å²) in [6, 6.07) is 3.30. The molecule has 0 bridgehead atoms. The van der Waals surface area contributed by atoms with Gasteiger partial charge in [0.25, 0.3) is 0 Å².